The number of hydrogen-bond donors (Lipinski definition) is 3. The van der Waals surface area contributed by atoms with E-state index in [1.54, 1.807) is 42.5 Å². The Morgan fingerprint density at radius 3 is 2.13 bits per heavy atom. The largest absolute Gasteiger partial charge is 0.378 e. The monoisotopic (exact) mass is 647 g/mol. The Hall–Kier alpha value is -5.19. The van der Waals surface area contributed by atoms with Crippen molar-refractivity contribution in [3.63, 3.8) is 0 Å². The SMILES string of the molecule is Cc1sc(NC(=O)CSc2ccc(NC(=O)/C(=C/c3ccc(N(C)C)cc3)NC(=O)c3ccccc3)cc2)nc1-c1ccccc1. The van der Waals surface area contributed by atoms with Crippen LogP contribution in [0.25, 0.3) is 17.3 Å². The summed E-state index contributed by atoms with van der Waals surface area (Å²) in [5.74, 6) is -0.801. The summed E-state index contributed by atoms with van der Waals surface area (Å²) in [6.07, 6.45) is 1.64. The average molecular weight is 648 g/mol. The van der Waals surface area contributed by atoms with Crippen molar-refractivity contribution >= 4 is 63.4 Å². The lowest BCUT2D eigenvalue weighted by Crippen LogP contribution is -2.30. The molecule has 0 atom stereocenters. The summed E-state index contributed by atoms with van der Waals surface area (Å²) in [5.41, 5.74) is 4.75. The Balaban J connectivity index is 1.21. The fourth-order valence-corrected chi connectivity index (χ4v) is 5.98. The maximum Gasteiger partial charge on any atom is 0.272 e. The number of nitrogens with zero attached hydrogens (tertiary/aromatic N) is 2. The third-order valence-electron chi connectivity index (χ3n) is 6.82. The van der Waals surface area contributed by atoms with E-state index >= 15 is 0 Å². The molecule has 0 spiro atoms. The zero-order valence-electron chi connectivity index (χ0n) is 25.6. The van der Waals surface area contributed by atoms with Crippen molar-refractivity contribution in [2.24, 2.45) is 0 Å². The molecule has 232 valence electrons. The second-order valence-electron chi connectivity index (χ2n) is 10.5. The molecule has 3 N–H and O–H groups in total. The lowest BCUT2D eigenvalue weighted by Gasteiger charge is -2.13. The van der Waals surface area contributed by atoms with Gasteiger partial charge in [0.25, 0.3) is 11.8 Å². The summed E-state index contributed by atoms with van der Waals surface area (Å²) < 4.78 is 0. The first-order chi connectivity index (χ1) is 22.2. The molecular weight excluding hydrogens is 615 g/mol. The van der Waals surface area contributed by atoms with Gasteiger partial charge in [-0.25, -0.2) is 4.98 Å². The third kappa shape index (κ3) is 8.71. The van der Waals surface area contributed by atoms with Crippen molar-refractivity contribution in [2.75, 3.05) is 35.4 Å². The Bertz CT molecular complexity index is 1840. The fourth-order valence-electron chi connectivity index (χ4n) is 4.43. The molecule has 0 aliphatic rings. The molecule has 4 aromatic carbocycles. The predicted molar refractivity (Wildman–Crippen MR) is 189 cm³/mol. The summed E-state index contributed by atoms with van der Waals surface area (Å²) in [6.45, 7) is 1.99. The van der Waals surface area contributed by atoms with Gasteiger partial charge >= 0.3 is 0 Å². The van der Waals surface area contributed by atoms with Gasteiger partial charge in [-0.15, -0.1) is 23.1 Å². The molecule has 0 saturated heterocycles. The maximum atomic E-state index is 13.4. The Kier molecular flexibility index (Phi) is 10.6. The summed E-state index contributed by atoms with van der Waals surface area (Å²) in [7, 11) is 3.90. The van der Waals surface area contributed by atoms with Crippen LogP contribution in [0.1, 0.15) is 20.8 Å². The number of nitrogens with one attached hydrogen (secondary N) is 3. The molecular formula is C36H33N5O3S2. The van der Waals surface area contributed by atoms with Gasteiger partial charge in [0.1, 0.15) is 5.70 Å². The van der Waals surface area contributed by atoms with Gasteiger partial charge in [0, 0.05) is 46.4 Å². The molecule has 5 rings (SSSR count). The van der Waals surface area contributed by atoms with Gasteiger partial charge in [-0.2, -0.15) is 0 Å². The van der Waals surface area contributed by atoms with E-state index in [1.165, 1.54) is 23.1 Å². The third-order valence-corrected chi connectivity index (χ3v) is 8.72. The summed E-state index contributed by atoms with van der Waals surface area (Å²) in [4.78, 5) is 47.5. The Morgan fingerprint density at radius 2 is 1.48 bits per heavy atom. The lowest BCUT2D eigenvalue weighted by atomic mass is 10.1. The highest BCUT2D eigenvalue weighted by Gasteiger charge is 2.16. The van der Waals surface area contributed by atoms with Gasteiger partial charge in [0.05, 0.1) is 11.4 Å². The number of benzene rings is 4. The molecule has 3 amide bonds. The normalized spacial score (nSPS) is 11.1. The van der Waals surface area contributed by atoms with E-state index in [2.05, 4.69) is 20.9 Å². The molecule has 0 radical (unpaired) electrons. The highest BCUT2D eigenvalue weighted by Crippen LogP contribution is 2.30. The number of carbonyl (C=O) groups excluding carboxylic acids is 3. The van der Waals surface area contributed by atoms with Crippen LogP contribution in [0.5, 0.6) is 0 Å². The second kappa shape index (κ2) is 15.2. The molecule has 46 heavy (non-hydrogen) atoms. The fraction of sp³-hybridized carbons (Fsp3) is 0.111. The Labute approximate surface area is 276 Å². The molecule has 1 aromatic heterocycles. The number of thiazole rings is 1. The standard InChI is InChI=1S/C36H33N5O3S2/c1-24-33(26-10-6-4-7-11-26)40-36(46-24)39-32(42)23-45-30-20-16-28(17-21-30)37-35(44)31(38-34(43)27-12-8-5-9-13-27)22-25-14-18-29(19-15-25)41(2)3/h4-22H,23H2,1-3H3,(H,37,44)(H,38,43)(H,39,40,42)/b31-22-. The van der Waals surface area contributed by atoms with Crippen LogP contribution < -0.4 is 20.9 Å². The molecule has 0 aliphatic heterocycles. The molecule has 1 heterocycles. The van der Waals surface area contributed by atoms with E-state index in [1.807, 2.05) is 98.7 Å². The van der Waals surface area contributed by atoms with E-state index in [4.69, 9.17) is 0 Å². The zero-order valence-corrected chi connectivity index (χ0v) is 27.2. The molecule has 10 heteroatoms. The topological polar surface area (TPSA) is 103 Å². The van der Waals surface area contributed by atoms with Crippen LogP contribution in [0.15, 0.2) is 120 Å². The van der Waals surface area contributed by atoms with E-state index in [9.17, 15) is 14.4 Å². The number of aryl methyl sites for hydroxylation is 1. The second-order valence-corrected chi connectivity index (χ2v) is 12.7. The molecule has 0 bridgehead atoms. The lowest BCUT2D eigenvalue weighted by molar-refractivity contribution is -0.114. The number of thioether (sulfide) groups is 1. The van der Waals surface area contributed by atoms with Crippen molar-refractivity contribution in [2.45, 2.75) is 11.8 Å². The molecule has 5 aromatic rings. The number of aromatic nitrogens is 1. The van der Waals surface area contributed by atoms with Crippen molar-refractivity contribution in [3.8, 4) is 11.3 Å². The average Bonchev–Trinajstić information content (AvgIpc) is 3.44. The van der Waals surface area contributed by atoms with Crippen LogP contribution in [-0.4, -0.2) is 42.6 Å². The highest BCUT2D eigenvalue weighted by molar-refractivity contribution is 8.00. The maximum absolute atomic E-state index is 13.4. The first-order valence-corrected chi connectivity index (χ1v) is 16.3. The quantitative estimate of drug-likeness (QED) is 0.103. The van der Waals surface area contributed by atoms with Crippen molar-refractivity contribution in [1.29, 1.82) is 0 Å². The van der Waals surface area contributed by atoms with E-state index in [-0.39, 0.29) is 23.3 Å². The minimum absolute atomic E-state index is 0.106. The molecule has 8 nitrogen and oxygen atoms in total. The molecule has 0 aliphatic carbocycles. The number of amides is 3. The Morgan fingerprint density at radius 1 is 0.826 bits per heavy atom. The number of carbonyl (C=O) groups is 3. The number of anilines is 3. The number of rotatable bonds is 11. The molecule has 0 unspecified atom stereocenters. The summed E-state index contributed by atoms with van der Waals surface area (Å²) in [5, 5.41) is 9.10. The smallest absolute Gasteiger partial charge is 0.272 e. The highest BCUT2D eigenvalue weighted by atomic mass is 32.2. The predicted octanol–water partition coefficient (Wildman–Crippen LogP) is 7.32. The van der Waals surface area contributed by atoms with Crippen molar-refractivity contribution in [1.82, 2.24) is 10.3 Å². The van der Waals surface area contributed by atoms with Crippen LogP contribution in [0.3, 0.4) is 0 Å². The van der Waals surface area contributed by atoms with E-state index in [0.29, 0.717) is 16.4 Å². The minimum Gasteiger partial charge on any atom is -0.378 e. The molecule has 0 saturated carbocycles. The van der Waals surface area contributed by atoms with Crippen molar-refractivity contribution < 1.29 is 14.4 Å². The molecule has 0 fully saturated rings. The summed E-state index contributed by atoms with van der Waals surface area (Å²) in [6, 6.07) is 33.5. The van der Waals surface area contributed by atoms with Gasteiger partial charge in [0.2, 0.25) is 5.91 Å². The number of hydrogen-bond acceptors (Lipinski definition) is 7. The van der Waals surface area contributed by atoms with Crippen LogP contribution >= 0.6 is 23.1 Å². The van der Waals surface area contributed by atoms with Crippen LogP contribution in [0.4, 0.5) is 16.5 Å². The first-order valence-electron chi connectivity index (χ1n) is 14.5. The van der Waals surface area contributed by atoms with Crippen LogP contribution in [0.2, 0.25) is 0 Å². The van der Waals surface area contributed by atoms with Gasteiger partial charge in [-0.1, -0.05) is 60.7 Å². The van der Waals surface area contributed by atoms with Crippen LogP contribution in [0, 0.1) is 6.92 Å². The van der Waals surface area contributed by atoms with Crippen molar-refractivity contribution in [3.05, 3.63) is 131 Å². The van der Waals surface area contributed by atoms with Gasteiger partial charge in [-0.3, -0.25) is 14.4 Å². The zero-order chi connectivity index (χ0) is 32.5. The summed E-state index contributed by atoms with van der Waals surface area (Å²) >= 11 is 2.83. The van der Waals surface area contributed by atoms with Crippen LogP contribution in [-0.2, 0) is 9.59 Å². The van der Waals surface area contributed by atoms with Gasteiger partial charge in [-0.05, 0) is 67.1 Å². The minimum atomic E-state index is -0.464. The van der Waals surface area contributed by atoms with E-state index in [0.717, 1.165) is 32.3 Å². The first kappa shape index (κ1) is 32.2. The van der Waals surface area contributed by atoms with Gasteiger partial charge < -0.3 is 20.9 Å². The van der Waals surface area contributed by atoms with Gasteiger partial charge in [0.15, 0.2) is 5.13 Å². The van der Waals surface area contributed by atoms with E-state index < -0.39 is 5.91 Å².